The normalized spacial score (nSPS) is 20.2. The molecule has 1 fully saturated rings. The van der Waals surface area contributed by atoms with E-state index in [0.717, 1.165) is 31.2 Å². The molecule has 0 aromatic heterocycles. The summed E-state index contributed by atoms with van der Waals surface area (Å²) in [4.78, 5) is 0. The van der Waals surface area contributed by atoms with Gasteiger partial charge in [-0.05, 0) is 30.5 Å². The fraction of sp³-hybridized carbons (Fsp3) is 0.500. The van der Waals surface area contributed by atoms with E-state index < -0.39 is 5.60 Å². The highest BCUT2D eigenvalue weighted by Gasteiger charge is 2.31. The van der Waals surface area contributed by atoms with Gasteiger partial charge in [0.05, 0.1) is 15.6 Å². The van der Waals surface area contributed by atoms with E-state index in [-0.39, 0.29) is 0 Å². The lowest BCUT2D eigenvalue weighted by Crippen LogP contribution is -2.28. The zero-order chi connectivity index (χ0) is 10.9. The lowest BCUT2D eigenvalue weighted by molar-refractivity contribution is -0.000615. The molecule has 15 heavy (non-hydrogen) atoms. The maximum atomic E-state index is 10.5. The molecule has 1 nitrogen and oxygen atoms in total. The number of hydrogen-bond acceptors (Lipinski definition) is 1. The van der Waals surface area contributed by atoms with E-state index in [9.17, 15) is 5.11 Å². The zero-order valence-corrected chi connectivity index (χ0v) is 9.98. The first kappa shape index (κ1) is 11.3. The molecule has 1 aliphatic rings. The largest absolute Gasteiger partial charge is 0.385 e. The molecule has 1 N–H and O–H groups in total. The standard InChI is InChI=1S/C12H14Cl2O/c13-10-5-4-9(8-11(10)14)12(15)6-2-1-3-7-12/h4-5,8,15H,1-3,6-7H2. The first-order chi connectivity index (χ1) is 7.12. The average molecular weight is 245 g/mol. The van der Waals surface area contributed by atoms with Crippen molar-refractivity contribution in [2.45, 2.75) is 37.7 Å². The Morgan fingerprint density at radius 1 is 1.00 bits per heavy atom. The van der Waals surface area contributed by atoms with Crippen LogP contribution in [0.4, 0.5) is 0 Å². The third-order valence-electron chi connectivity index (χ3n) is 3.14. The minimum Gasteiger partial charge on any atom is -0.385 e. The van der Waals surface area contributed by atoms with Gasteiger partial charge in [-0.2, -0.15) is 0 Å². The number of aliphatic hydroxyl groups is 1. The quantitative estimate of drug-likeness (QED) is 0.788. The van der Waals surface area contributed by atoms with Gasteiger partial charge in [0, 0.05) is 0 Å². The van der Waals surface area contributed by atoms with Crippen LogP contribution in [0.1, 0.15) is 37.7 Å². The van der Waals surface area contributed by atoms with Gasteiger partial charge in [0.15, 0.2) is 0 Å². The second-order valence-corrected chi connectivity index (χ2v) is 5.04. The number of halogens is 2. The molecule has 2 rings (SSSR count). The molecule has 0 atom stereocenters. The van der Waals surface area contributed by atoms with Crippen molar-refractivity contribution in [3.8, 4) is 0 Å². The van der Waals surface area contributed by atoms with Gasteiger partial charge in [-0.3, -0.25) is 0 Å². The monoisotopic (exact) mass is 244 g/mol. The van der Waals surface area contributed by atoms with Crippen molar-refractivity contribution in [2.75, 3.05) is 0 Å². The van der Waals surface area contributed by atoms with Crippen molar-refractivity contribution in [3.05, 3.63) is 33.8 Å². The van der Waals surface area contributed by atoms with E-state index in [1.807, 2.05) is 6.07 Å². The fourth-order valence-electron chi connectivity index (χ4n) is 2.21. The van der Waals surface area contributed by atoms with Crippen LogP contribution in [-0.4, -0.2) is 5.11 Å². The van der Waals surface area contributed by atoms with E-state index in [1.165, 1.54) is 6.42 Å². The van der Waals surface area contributed by atoms with E-state index in [1.54, 1.807) is 12.1 Å². The predicted octanol–water partition coefficient (Wildman–Crippen LogP) is 4.15. The molecule has 0 bridgehead atoms. The van der Waals surface area contributed by atoms with E-state index in [2.05, 4.69) is 0 Å². The van der Waals surface area contributed by atoms with Crippen LogP contribution in [0.15, 0.2) is 18.2 Å². The van der Waals surface area contributed by atoms with E-state index in [4.69, 9.17) is 23.2 Å². The lowest BCUT2D eigenvalue weighted by atomic mass is 9.80. The summed E-state index contributed by atoms with van der Waals surface area (Å²) in [5.41, 5.74) is 0.212. The smallest absolute Gasteiger partial charge is 0.0897 e. The highest BCUT2D eigenvalue weighted by atomic mass is 35.5. The fourth-order valence-corrected chi connectivity index (χ4v) is 2.51. The van der Waals surface area contributed by atoms with Crippen LogP contribution in [0, 0.1) is 0 Å². The molecule has 1 aromatic rings. The number of hydrogen-bond donors (Lipinski definition) is 1. The van der Waals surface area contributed by atoms with Crippen molar-refractivity contribution in [3.63, 3.8) is 0 Å². The first-order valence-corrected chi connectivity index (χ1v) is 6.05. The Morgan fingerprint density at radius 3 is 2.27 bits per heavy atom. The molecule has 0 amide bonds. The van der Waals surface area contributed by atoms with Crippen LogP contribution < -0.4 is 0 Å². The Labute approximate surface area is 100 Å². The highest BCUT2D eigenvalue weighted by Crippen LogP contribution is 2.38. The van der Waals surface area contributed by atoms with Crippen LogP contribution >= 0.6 is 23.2 Å². The first-order valence-electron chi connectivity index (χ1n) is 5.30. The Morgan fingerprint density at radius 2 is 1.67 bits per heavy atom. The van der Waals surface area contributed by atoms with Crippen molar-refractivity contribution < 1.29 is 5.11 Å². The van der Waals surface area contributed by atoms with Crippen LogP contribution in [0.25, 0.3) is 0 Å². The molecular weight excluding hydrogens is 231 g/mol. The Bertz CT molecular complexity index is 357. The van der Waals surface area contributed by atoms with Gasteiger partial charge in [-0.1, -0.05) is 48.5 Å². The summed E-state index contributed by atoms with van der Waals surface area (Å²) < 4.78 is 0. The predicted molar refractivity (Wildman–Crippen MR) is 63.4 cm³/mol. The third-order valence-corrected chi connectivity index (χ3v) is 3.88. The lowest BCUT2D eigenvalue weighted by Gasteiger charge is -2.32. The molecule has 1 aliphatic carbocycles. The van der Waals surface area contributed by atoms with Gasteiger partial charge >= 0.3 is 0 Å². The number of rotatable bonds is 1. The Balaban J connectivity index is 2.31. The minimum atomic E-state index is -0.688. The summed E-state index contributed by atoms with van der Waals surface area (Å²) in [7, 11) is 0. The van der Waals surface area contributed by atoms with E-state index in [0.29, 0.717) is 10.0 Å². The van der Waals surface area contributed by atoms with Gasteiger partial charge in [0.25, 0.3) is 0 Å². The highest BCUT2D eigenvalue weighted by molar-refractivity contribution is 6.42. The SMILES string of the molecule is OC1(c2ccc(Cl)c(Cl)c2)CCCCC1. The summed E-state index contributed by atoms with van der Waals surface area (Å²) in [5, 5.41) is 11.5. The van der Waals surface area contributed by atoms with Crippen molar-refractivity contribution in [2.24, 2.45) is 0 Å². The molecule has 1 saturated carbocycles. The molecule has 82 valence electrons. The molecule has 1 aromatic carbocycles. The van der Waals surface area contributed by atoms with Gasteiger partial charge in [0.1, 0.15) is 0 Å². The molecule has 0 spiro atoms. The molecule has 0 radical (unpaired) electrons. The summed E-state index contributed by atoms with van der Waals surface area (Å²) in [5.74, 6) is 0. The minimum absolute atomic E-state index is 0.521. The summed E-state index contributed by atoms with van der Waals surface area (Å²) in [6.45, 7) is 0. The topological polar surface area (TPSA) is 20.2 Å². The van der Waals surface area contributed by atoms with Crippen molar-refractivity contribution in [1.82, 2.24) is 0 Å². The maximum Gasteiger partial charge on any atom is 0.0897 e. The van der Waals surface area contributed by atoms with Gasteiger partial charge in [0.2, 0.25) is 0 Å². The molecule has 0 aliphatic heterocycles. The van der Waals surface area contributed by atoms with Crippen molar-refractivity contribution >= 4 is 23.2 Å². The van der Waals surface area contributed by atoms with Gasteiger partial charge in [-0.15, -0.1) is 0 Å². The average Bonchev–Trinajstić information content (AvgIpc) is 2.23. The third kappa shape index (κ3) is 2.30. The molecule has 0 unspecified atom stereocenters. The molecule has 0 heterocycles. The van der Waals surface area contributed by atoms with Crippen LogP contribution in [0.3, 0.4) is 0 Å². The summed E-state index contributed by atoms with van der Waals surface area (Å²) in [6, 6.07) is 5.42. The van der Waals surface area contributed by atoms with E-state index >= 15 is 0 Å². The number of benzene rings is 1. The Kier molecular flexibility index (Phi) is 3.24. The second-order valence-electron chi connectivity index (χ2n) is 4.22. The zero-order valence-electron chi connectivity index (χ0n) is 8.47. The molecule has 0 saturated heterocycles. The molecular formula is C12H14Cl2O. The van der Waals surface area contributed by atoms with Gasteiger partial charge < -0.3 is 5.11 Å². The summed E-state index contributed by atoms with van der Waals surface area (Å²) >= 11 is 11.8. The Hall–Kier alpha value is -0.240. The second kappa shape index (κ2) is 4.32. The van der Waals surface area contributed by atoms with Crippen molar-refractivity contribution in [1.29, 1.82) is 0 Å². The van der Waals surface area contributed by atoms with Gasteiger partial charge in [-0.25, -0.2) is 0 Å². The molecule has 3 heteroatoms. The maximum absolute atomic E-state index is 10.5. The van der Waals surface area contributed by atoms with Crippen LogP contribution in [0.2, 0.25) is 10.0 Å². The summed E-state index contributed by atoms with van der Waals surface area (Å²) in [6.07, 6.45) is 5.02. The van der Waals surface area contributed by atoms with Crippen LogP contribution in [0.5, 0.6) is 0 Å². The van der Waals surface area contributed by atoms with Crippen LogP contribution in [-0.2, 0) is 5.60 Å².